The van der Waals surface area contributed by atoms with Crippen molar-refractivity contribution >= 4 is 17.1 Å². The van der Waals surface area contributed by atoms with Crippen molar-refractivity contribution in [3.8, 4) is 5.75 Å². The highest BCUT2D eigenvalue weighted by molar-refractivity contribution is 5.86. The minimum Gasteiger partial charge on any atom is -0.481 e. The fourth-order valence-corrected chi connectivity index (χ4v) is 3.85. The molecule has 4 rings (SSSR count). The number of nitrogens with one attached hydrogen (secondary N) is 1. The number of ether oxygens (including phenoxy) is 1. The van der Waals surface area contributed by atoms with E-state index in [0.29, 0.717) is 25.4 Å². The molecular weight excluding hydrogens is 380 g/mol. The van der Waals surface area contributed by atoms with Crippen LogP contribution in [-0.2, 0) is 17.8 Å². The third kappa shape index (κ3) is 4.99. The Kier molecular flexibility index (Phi) is 6.63. The number of β-amino-alcohol motifs (C(OH)–C–C–N with tert-alkyl or cyclic N) is 1. The van der Waals surface area contributed by atoms with E-state index in [9.17, 15) is 9.90 Å². The van der Waals surface area contributed by atoms with Crippen LogP contribution in [0.15, 0.2) is 54.9 Å². The maximum atomic E-state index is 11.5. The predicted octanol–water partition coefficient (Wildman–Crippen LogP) is 1.58. The topological polar surface area (TPSA) is 87.6 Å². The summed E-state index contributed by atoms with van der Waals surface area (Å²) in [6.45, 7) is 3.11. The Balaban J connectivity index is 1.25. The highest BCUT2D eigenvalue weighted by atomic mass is 16.5. The molecule has 0 amide bonds. The van der Waals surface area contributed by atoms with Crippen LogP contribution in [0.5, 0.6) is 5.75 Å². The van der Waals surface area contributed by atoms with Crippen LogP contribution < -0.4 is 10.1 Å². The summed E-state index contributed by atoms with van der Waals surface area (Å²) in [6, 6.07) is 14.0. The van der Waals surface area contributed by atoms with Crippen LogP contribution in [0.4, 0.5) is 0 Å². The first-order valence-electron chi connectivity index (χ1n) is 10.2. The van der Waals surface area contributed by atoms with Gasteiger partial charge in [-0.15, -0.1) is 0 Å². The van der Waals surface area contributed by atoms with Crippen LogP contribution in [-0.4, -0.2) is 64.9 Å². The minimum absolute atomic E-state index is 0.318. The minimum atomic E-state index is -0.655. The standard InChI is InChI=1S/C23H26N4O3/c28-16-21(30-23-7-3-6-18-10-25-26-13-22(18)23)12-24-11-20(29)15-27-9-8-17-4-1-2-5-19(17)14-27/h1-7,10,13,16,20-21,24,29H,8-9,11-12,14-15H2. The second-order valence-corrected chi connectivity index (χ2v) is 7.61. The molecule has 1 aromatic heterocycles. The molecule has 7 nitrogen and oxygen atoms in total. The van der Waals surface area contributed by atoms with E-state index in [4.69, 9.17) is 4.74 Å². The molecule has 2 heterocycles. The summed E-state index contributed by atoms with van der Waals surface area (Å²) in [7, 11) is 0. The van der Waals surface area contributed by atoms with Gasteiger partial charge in [0.05, 0.1) is 18.5 Å². The Morgan fingerprint density at radius 1 is 1.10 bits per heavy atom. The van der Waals surface area contributed by atoms with Crippen LogP contribution >= 0.6 is 0 Å². The summed E-state index contributed by atoms with van der Waals surface area (Å²) in [6.07, 6.45) is 3.89. The van der Waals surface area contributed by atoms with E-state index in [0.717, 1.165) is 36.6 Å². The van der Waals surface area contributed by atoms with Gasteiger partial charge >= 0.3 is 0 Å². The number of nitrogens with zero attached hydrogens (tertiary/aromatic N) is 3. The quantitative estimate of drug-likeness (QED) is 0.522. The Morgan fingerprint density at radius 2 is 1.93 bits per heavy atom. The van der Waals surface area contributed by atoms with Crippen LogP contribution in [0.1, 0.15) is 11.1 Å². The number of aromatic nitrogens is 2. The van der Waals surface area contributed by atoms with Crippen molar-refractivity contribution in [3.63, 3.8) is 0 Å². The monoisotopic (exact) mass is 406 g/mol. The molecule has 1 aliphatic heterocycles. The number of hydrogen-bond acceptors (Lipinski definition) is 7. The van der Waals surface area contributed by atoms with Gasteiger partial charge in [0.15, 0.2) is 12.4 Å². The molecule has 2 N–H and O–H groups in total. The molecule has 2 atom stereocenters. The average Bonchev–Trinajstić information content (AvgIpc) is 2.78. The van der Waals surface area contributed by atoms with Crippen molar-refractivity contribution < 1.29 is 14.6 Å². The fraction of sp³-hybridized carbons (Fsp3) is 0.348. The van der Waals surface area contributed by atoms with Gasteiger partial charge in [0.2, 0.25) is 0 Å². The van der Waals surface area contributed by atoms with E-state index in [2.05, 4.69) is 44.7 Å². The first-order valence-corrected chi connectivity index (χ1v) is 10.2. The van der Waals surface area contributed by atoms with Gasteiger partial charge in [0, 0.05) is 43.5 Å². The SMILES string of the molecule is O=CC(CNCC(O)CN1CCc2ccccc2C1)Oc1cccc2cnncc12. The van der Waals surface area contributed by atoms with Gasteiger partial charge in [-0.1, -0.05) is 36.4 Å². The van der Waals surface area contributed by atoms with E-state index < -0.39 is 12.2 Å². The summed E-state index contributed by atoms with van der Waals surface area (Å²) >= 11 is 0. The first-order chi connectivity index (χ1) is 14.7. The van der Waals surface area contributed by atoms with Crippen molar-refractivity contribution in [2.24, 2.45) is 0 Å². The zero-order chi connectivity index (χ0) is 20.8. The van der Waals surface area contributed by atoms with E-state index in [1.165, 1.54) is 11.1 Å². The molecule has 0 fully saturated rings. The lowest BCUT2D eigenvalue weighted by Gasteiger charge is -2.30. The number of aliphatic hydroxyl groups is 1. The van der Waals surface area contributed by atoms with E-state index in [1.54, 1.807) is 12.4 Å². The van der Waals surface area contributed by atoms with Crippen LogP contribution in [0.3, 0.4) is 0 Å². The van der Waals surface area contributed by atoms with E-state index in [-0.39, 0.29) is 0 Å². The zero-order valence-corrected chi connectivity index (χ0v) is 16.8. The molecule has 2 unspecified atom stereocenters. The molecule has 7 heteroatoms. The molecule has 30 heavy (non-hydrogen) atoms. The van der Waals surface area contributed by atoms with Gasteiger partial charge < -0.3 is 15.2 Å². The normalized spacial score (nSPS) is 16.0. The summed E-state index contributed by atoms with van der Waals surface area (Å²) < 4.78 is 5.86. The molecular formula is C23H26N4O3. The first kappa shape index (κ1) is 20.4. The third-order valence-electron chi connectivity index (χ3n) is 5.38. The molecule has 0 aliphatic carbocycles. The number of carbonyl (C=O) groups excluding carboxylic acids is 1. The lowest BCUT2D eigenvalue weighted by molar-refractivity contribution is -0.113. The summed E-state index contributed by atoms with van der Waals surface area (Å²) in [5.41, 5.74) is 2.73. The van der Waals surface area contributed by atoms with Gasteiger partial charge in [-0.2, -0.15) is 10.2 Å². The Labute approximate surface area is 175 Å². The van der Waals surface area contributed by atoms with Crippen molar-refractivity contribution in [2.45, 2.75) is 25.2 Å². The van der Waals surface area contributed by atoms with Crippen molar-refractivity contribution in [1.29, 1.82) is 0 Å². The second kappa shape index (κ2) is 9.75. The second-order valence-electron chi connectivity index (χ2n) is 7.61. The molecule has 0 saturated carbocycles. The van der Waals surface area contributed by atoms with Crippen molar-refractivity contribution in [3.05, 3.63) is 66.0 Å². The van der Waals surface area contributed by atoms with Crippen LogP contribution in [0.25, 0.3) is 10.8 Å². The predicted molar refractivity (Wildman–Crippen MR) is 114 cm³/mol. The van der Waals surface area contributed by atoms with Crippen molar-refractivity contribution in [1.82, 2.24) is 20.4 Å². The van der Waals surface area contributed by atoms with Gasteiger partial charge in [0.25, 0.3) is 0 Å². The molecule has 2 aromatic carbocycles. The fourth-order valence-electron chi connectivity index (χ4n) is 3.85. The Bertz CT molecular complexity index is 992. The molecule has 0 spiro atoms. The molecule has 0 radical (unpaired) electrons. The highest BCUT2D eigenvalue weighted by Crippen LogP contribution is 2.24. The van der Waals surface area contributed by atoms with E-state index in [1.807, 2.05) is 18.2 Å². The number of fused-ring (bicyclic) bond motifs is 2. The number of aliphatic hydroxyl groups excluding tert-OH is 1. The third-order valence-corrected chi connectivity index (χ3v) is 5.38. The Hall–Kier alpha value is -2.87. The van der Waals surface area contributed by atoms with Crippen molar-refractivity contribution in [2.75, 3.05) is 26.2 Å². The number of rotatable bonds is 9. The summed E-state index contributed by atoms with van der Waals surface area (Å²) in [5.74, 6) is 0.592. The lowest BCUT2D eigenvalue weighted by atomic mass is 10.00. The molecule has 156 valence electrons. The number of hydrogen-bond donors (Lipinski definition) is 2. The lowest BCUT2D eigenvalue weighted by Crippen LogP contribution is -2.43. The van der Waals surface area contributed by atoms with Crippen LogP contribution in [0.2, 0.25) is 0 Å². The smallest absolute Gasteiger partial charge is 0.166 e. The Morgan fingerprint density at radius 3 is 2.80 bits per heavy atom. The van der Waals surface area contributed by atoms with Gasteiger partial charge in [-0.05, 0) is 23.6 Å². The molecule has 1 aliphatic rings. The maximum absolute atomic E-state index is 11.5. The van der Waals surface area contributed by atoms with E-state index >= 15 is 0 Å². The van der Waals surface area contributed by atoms with Gasteiger partial charge in [-0.3, -0.25) is 9.69 Å². The number of carbonyl (C=O) groups is 1. The maximum Gasteiger partial charge on any atom is 0.166 e. The zero-order valence-electron chi connectivity index (χ0n) is 16.8. The summed E-state index contributed by atoms with van der Waals surface area (Å²) in [5, 5.41) is 23.0. The average molecular weight is 406 g/mol. The molecule has 0 bridgehead atoms. The molecule has 0 saturated heterocycles. The summed E-state index contributed by atoms with van der Waals surface area (Å²) in [4.78, 5) is 13.8. The highest BCUT2D eigenvalue weighted by Gasteiger charge is 2.19. The molecule has 3 aromatic rings. The number of benzene rings is 2. The number of aldehydes is 1. The van der Waals surface area contributed by atoms with Gasteiger partial charge in [-0.25, -0.2) is 0 Å². The van der Waals surface area contributed by atoms with Crippen LogP contribution in [0, 0.1) is 0 Å². The van der Waals surface area contributed by atoms with Gasteiger partial charge in [0.1, 0.15) is 5.75 Å². The largest absolute Gasteiger partial charge is 0.481 e.